The van der Waals surface area contributed by atoms with E-state index < -0.39 is 12.0 Å². The molecule has 0 saturated carbocycles. The Bertz CT molecular complexity index is 447. The molecule has 1 aromatic rings. The Balaban J connectivity index is 2.91. The molecular formula is C15H24N2O3. The minimum absolute atomic E-state index is 0.323. The van der Waals surface area contributed by atoms with Crippen molar-refractivity contribution in [1.29, 1.82) is 0 Å². The molecule has 0 radical (unpaired) electrons. The lowest BCUT2D eigenvalue weighted by Gasteiger charge is -2.17. The Hall–Kier alpha value is -1.59. The van der Waals surface area contributed by atoms with E-state index in [-0.39, 0.29) is 0 Å². The summed E-state index contributed by atoms with van der Waals surface area (Å²) in [4.78, 5) is 12.9. The summed E-state index contributed by atoms with van der Waals surface area (Å²) in [5.41, 5.74) is 7.55. The molecule has 5 heteroatoms. The number of rotatable bonds is 8. The maximum absolute atomic E-state index is 10.8. The Labute approximate surface area is 120 Å². The fraction of sp³-hybridized carbons (Fsp3) is 0.533. The molecule has 5 nitrogen and oxygen atoms in total. The Morgan fingerprint density at radius 3 is 2.70 bits per heavy atom. The standard InChI is InChI=1S/C15H24N2O3/c1-4-7-20-14-6-5-11(9-13(16)15(18)19)8-12(14)10-17(2)3/h5-6,8,13H,4,7,9-10,16H2,1-3H3,(H,18,19). The van der Waals surface area contributed by atoms with Crippen LogP contribution < -0.4 is 10.5 Å². The van der Waals surface area contributed by atoms with Gasteiger partial charge in [0, 0.05) is 12.1 Å². The maximum Gasteiger partial charge on any atom is 0.320 e. The van der Waals surface area contributed by atoms with Crippen molar-refractivity contribution in [1.82, 2.24) is 4.90 Å². The molecule has 0 aliphatic heterocycles. The minimum Gasteiger partial charge on any atom is -0.493 e. The molecule has 1 rings (SSSR count). The van der Waals surface area contributed by atoms with Crippen LogP contribution in [0.2, 0.25) is 0 Å². The summed E-state index contributed by atoms with van der Waals surface area (Å²) in [7, 11) is 3.97. The fourth-order valence-corrected chi connectivity index (χ4v) is 1.92. The average Bonchev–Trinajstić information content (AvgIpc) is 2.37. The molecule has 0 aliphatic rings. The normalized spacial score (nSPS) is 12.4. The van der Waals surface area contributed by atoms with E-state index in [0.717, 1.165) is 29.8 Å². The number of nitrogens with zero attached hydrogens (tertiary/aromatic N) is 1. The van der Waals surface area contributed by atoms with E-state index in [4.69, 9.17) is 15.6 Å². The summed E-state index contributed by atoms with van der Waals surface area (Å²) in [6, 6.07) is 4.89. The highest BCUT2D eigenvalue weighted by Gasteiger charge is 2.14. The van der Waals surface area contributed by atoms with Crippen molar-refractivity contribution in [2.45, 2.75) is 32.4 Å². The first-order chi connectivity index (χ1) is 9.43. The molecule has 0 spiro atoms. The van der Waals surface area contributed by atoms with Crippen LogP contribution >= 0.6 is 0 Å². The first kappa shape index (κ1) is 16.5. The molecule has 0 heterocycles. The van der Waals surface area contributed by atoms with Crippen LogP contribution in [-0.4, -0.2) is 42.7 Å². The van der Waals surface area contributed by atoms with Gasteiger partial charge < -0.3 is 20.5 Å². The summed E-state index contributed by atoms with van der Waals surface area (Å²) in [6.45, 7) is 3.48. The summed E-state index contributed by atoms with van der Waals surface area (Å²) in [6.07, 6.45) is 1.27. The number of nitrogens with two attached hydrogens (primary N) is 1. The van der Waals surface area contributed by atoms with Gasteiger partial charge in [0.15, 0.2) is 0 Å². The van der Waals surface area contributed by atoms with Crippen molar-refractivity contribution < 1.29 is 14.6 Å². The second-order valence-electron chi connectivity index (χ2n) is 5.18. The van der Waals surface area contributed by atoms with Gasteiger partial charge >= 0.3 is 5.97 Å². The first-order valence-electron chi connectivity index (χ1n) is 6.81. The quantitative estimate of drug-likeness (QED) is 0.754. The van der Waals surface area contributed by atoms with Crippen molar-refractivity contribution in [3.05, 3.63) is 29.3 Å². The SMILES string of the molecule is CCCOc1ccc(CC(N)C(=O)O)cc1CN(C)C. The van der Waals surface area contributed by atoms with E-state index in [1.54, 1.807) is 0 Å². The number of carbonyl (C=O) groups is 1. The van der Waals surface area contributed by atoms with Crippen LogP contribution in [0.25, 0.3) is 0 Å². The van der Waals surface area contributed by atoms with Gasteiger partial charge in [-0.1, -0.05) is 19.1 Å². The van der Waals surface area contributed by atoms with Crippen molar-refractivity contribution in [2.24, 2.45) is 5.73 Å². The van der Waals surface area contributed by atoms with Gasteiger partial charge in [-0.3, -0.25) is 4.79 Å². The number of benzene rings is 1. The van der Waals surface area contributed by atoms with E-state index in [9.17, 15) is 4.79 Å². The molecule has 1 unspecified atom stereocenters. The van der Waals surface area contributed by atoms with Crippen molar-refractivity contribution in [3.8, 4) is 5.75 Å². The van der Waals surface area contributed by atoms with Gasteiger partial charge in [-0.15, -0.1) is 0 Å². The monoisotopic (exact) mass is 280 g/mol. The van der Waals surface area contributed by atoms with E-state index in [0.29, 0.717) is 13.0 Å². The summed E-state index contributed by atoms with van der Waals surface area (Å²) in [5, 5.41) is 8.87. The highest BCUT2D eigenvalue weighted by molar-refractivity contribution is 5.73. The predicted molar refractivity (Wildman–Crippen MR) is 78.9 cm³/mol. The van der Waals surface area contributed by atoms with Gasteiger partial charge in [-0.2, -0.15) is 0 Å². The number of hydrogen-bond acceptors (Lipinski definition) is 4. The summed E-state index contributed by atoms with van der Waals surface area (Å²) >= 11 is 0. The zero-order valence-electron chi connectivity index (χ0n) is 12.4. The van der Waals surface area contributed by atoms with Gasteiger partial charge in [0.1, 0.15) is 11.8 Å². The number of hydrogen-bond donors (Lipinski definition) is 2. The third-order valence-corrected chi connectivity index (χ3v) is 2.85. The topological polar surface area (TPSA) is 75.8 Å². The second kappa shape index (κ2) is 7.87. The highest BCUT2D eigenvalue weighted by atomic mass is 16.5. The lowest BCUT2D eigenvalue weighted by Crippen LogP contribution is -2.32. The number of carboxylic acid groups (broad SMARTS) is 1. The molecular weight excluding hydrogens is 256 g/mol. The first-order valence-corrected chi connectivity index (χ1v) is 6.81. The van der Waals surface area contributed by atoms with Crippen LogP contribution in [0.1, 0.15) is 24.5 Å². The van der Waals surface area contributed by atoms with Crippen LogP contribution in [0.15, 0.2) is 18.2 Å². The summed E-state index contributed by atoms with van der Waals surface area (Å²) in [5.74, 6) is -0.126. The van der Waals surface area contributed by atoms with Crippen LogP contribution in [0.3, 0.4) is 0 Å². The van der Waals surface area contributed by atoms with Crippen LogP contribution in [0, 0.1) is 0 Å². The lowest BCUT2D eigenvalue weighted by molar-refractivity contribution is -0.138. The molecule has 0 fully saturated rings. The molecule has 20 heavy (non-hydrogen) atoms. The third-order valence-electron chi connectivity index (χ3n) is 2.85. The molecule has 0 saturated heterocycles. The minimum atomic E-state index is -0.981. The van der Waals surface area contributed by atoms with Crippen LogP contribution in [0.5, 0.6) is 5.75 Å². The van der Waals surface area contributed by atoms with Gasteiger partial charge in [0.2, 0.25) is 0 Å². The van der Waals surface area contributed by atoms with Gasteiger partial charge in [-0.05, 0) is 38.6 Å². The van der Waals surface area contributed by atoms with E-state index in [2.05, 4.69) is 11.8 Å². The molecule has 0 amide bonds. The highest BCUT2D eigenvalue weighted by Crippen LogP contribution is 2.22. The molecule has 1 atom stereocenters. The molecule has 0 aliphatic carbocycles. The zero-order valence-corrected chi connectivity index (χ0v) is 12.4. The summed E-state index contributed by atoms with van der Waals surface area (Å²) < 4.78 is 5.72. The maximum atomic E-state index is 10.8. The van der Waals surface area contributed by atoms with E-state index in [1.807, 2.05) is 32.3 Å². The van der Waals surface area contributed by atoms with Gasteiger partial charge in [0.05, 0.1) is 6.61 Å². The predicted octanol–water partition coefficient (Wildman–Crippen LogP) is 1.49. The molecule has 3 N–H and O–H groups in total. The number of ether oxygens (including phenoxy) is 1. The number of aliphatic carboxylic acids is 1. The Morgan fingerprint density at radius 1 is 1.45 bits per heavy atom. The largest absolute Gasteiger partial charge is 0.493 e. The second-order valence-corrected chi connectivity index (χ2v) is 5.18. The van der Waals surface area contributed by atoms with Crippen molar-refractivity contribution in [2.75, 3.05) is 20.7 Å². The molecule has 0 aromatic heterocycles. The average molecular weight is 280 g/mol. The fourth-order valence-electron chi connectivity index (χ4n) is 1.92. The van der Waals surface area contributed by atoms with E-state index >= 15 is 0 Å². The van der Waals surface area contributed by atoms with Gasteiger partial charge in [0.25, 0.3) is 0 Å². The smallest absolute Gasteiger partial charge is 0.320 e. The van der Waals surface area contributed by atoms with Crippen LogP contribution in [0.4, 0.5) is 0 Å². The molecule has 1 aromatic carbocycles. The van der Waals surface area contributed by atoms with Gasteiger partial charge in [-0.25, -0.2) is 0 Å². The zero-order chi connectivity index (χ0) is 15.1. The van der Waals surface area contributed by atoms with Crippen LogP contribution in [-0.2, 0) is 17.8 Å². The Morgan fingerprint density at radius 2 is 2.15 bits per heavy atom. The molecule has 0 bridgehead atoms. The third kappa shape index (κ3) is 5.19. The Kier molecular flexibility index (Phi) is 6.48. The number of carboxylic acids is 1. The molecule has 112 valence electrons. The van der Waals surface area contributed by atoms with E-state index in [1.165, 1.54) is 0 Å². The van der Waals surface area contributed by atoms with Crippen molar-refractivity contribution >= 4 is 5.97 Å². The van der Waals surface area contributed by atoms with Crippen molar-refractivity contribution in [3.63, 3.8) is 0 Å². The lowest BCUT2D eigenvalue weighted by atomic mass is 10.0.